The van der Waals surface area contributed by atoms with Gasteiger partial charge in [0.15, 0.2) is 8.07 Å². The number of hydrogen-bond acceptors (Lipinski definition) is 0. The lowest BCUT2D eigenvalue weighted by atomic mass is 10.0. The van der Waals surface area contributed by atoms with Gasteiger partial charge in [-0.3, -0.25) is 0 Å². The van der Waals surface area contributed by atoms with Gasteiger partial charge < -0.3 is 0 Å². The molecule has 0 nitrogen and oxygen atoms in total. The van der Waals surface area contributed by atoms with Crippen LogP contribution in [0.3, 0.4) is 0 Å². The molecule has 122 valence electrons. The molecule has 0 aliphatic carbocycles. The third kappa shape index (κ3) is 1.51. The lowest BCUT2D eigenvalue weighted by Crippen LogP contribution is -2.70. The molecule has 1 spiro atoms. The van der Waals surface area contributed by atoms with Gasteiger partial charge in [-0.1, -0.05) is 96.6 Å². The zero-order valence-corrected chi connectivity index (χ0v) is 15.7. The van der Waals surface area contributed by atoms with Crippen molar-refractivity contribution in [3.8, 4) is 22.3 Å². The Morgan fingerprint density at radius 2 is 0.885 bits per heavy atom. The van der Waals surface area contributed by atoms with Crippen LogP contribution < -0.4 is 20.7 Å². The van der Waals surface area contributed by atoms with Crippen LogP contribution in [0.15, 0.2) is 91.0 Å². The van der Waals surface area contributed by atoms with Crippen molar-refractivity contribution in [1.29, 1.82) is 0 Å². The molecule has 1 heteroatoms. The van der Waals surface area contributed by atoms with Gasteiger partial charge in [0.2, 0.25) is 0 Å². The lowest BCUT2D eigenvalue weighted by molar-refractivity contribution is 1.49. The van der Waals surface area contributed by atoms with Crippen LogP contribution in [-0.4, -0.2) is 8.07 Å². The van der Waals surface area contributed by atoms with Crippen LogP contribution in [0.5, 0.6) is 0 Å². The first-order chi connectivity index (χ1) is 12.8. The molecule has 0 bridgehead atoms. The first kappa shape index (κ1) is 14.3. The highest BCUT2D eigenvalue weighted by Crippen LogP contribution is 2.35. The normalized spacial score (nSPS) is 14.7. The average molecular weight is 347 g/mol. The topological polar surface area (TPSA) is 0 Å². The molecule has 0 atom stereocenters. The summed E-state index contributed by atoms with van der Waals surface area (Å²) in [4.78, 5) is 0. The molecule has 0 saturated heterocycles. The Hall–Kier alpha value is -2.90. The van der Waals surface area contributed by atoms with Crippen molar-refractivity contribution in [2.24, 2.45) is 0 Å². The Morgan fingerprint density at radius 1 is 0.462 bits per heavy atom. The minimum atomic E-state index is -2.17. The molecular weight excluding hydrogens is 328 g/mol. The lowest BCUT2D eigenvalue weighted by Gasteiger charge is -2.27. The molecule has 0 aromatic heterocycles. The Labute approximate surface area is 154 Å². The second-order valence-corrected chi connectivity index (χ2v) is 11.1. The van der Waals surface area contributed by atoms with Gasteiger partial charge >= 0.3 is 0 Å². The summed E-state index contributed by atoms with van der Waals surface area (Å²) >= 11 is 0. The van der Waals surface area contributed by atoms with Crippen LogP contribution in [0.1, 0.15) is 5.56 Å². The monoisotopic (exact) mass is 346 g/mol. The maximum Gasteiger partial charge on any atom is 0.182 e. The van der Waals surface area contributed by atoms with Crippen LogP contribution in [-0.2, 0) is 0 Å². The predicted octanol–water partition coefficient (Wildman–Crippen LogP) is 3.33. The van der Waals surface area contributed by atoms with Crippen LogP contribution in [0.2, 0.25) is 0 Å². The van der Waals surface area contributed by atoms with E-state index >= 15 is 0 Å². The van der Waals surface area contributed by atoms with Crippen molar-refractivity contribution < 1.29 is 0 Å². The fourth-order valence-electron chi connectivity index (χ4n) is 5.21. The molecule has 0 radical (unpaired) electrons. The van der Waals surface area contributed by atoms with Gasteiger partial charge in [-0.05, 0) is 49.9 Å². The summed E-state index contributed by atoms with van der Waals surface area (Å²) in [5.41, 5.74) is 7.07. The summed E-state index contributed by atoms with van der Waals surface area (Å²) in [7, 11) is -2.17. The highest BCUT2D eigenvalue weighted by atomic mass is 28.3. The molecular formula is C25H18Si. The van der Waals surface area contributed by atoms with Crippen LogP contribution >= 0.6 is 0 Å². The number of rotatable bonds is 0. The van der Waals surface area contributed by atoms with Gasteiger partial charge in [0.1, 0.15) is 0 Å². The summed E-state index contributed by atoms with van der Waals surface area (Å²) in [6.45, 7) is 2.20. The summed E-state index contributed by atoms with van der Waals surface area (Å²) in [6.07, 6.45) is 0. The standard InChI is InChI=1S/C25H18Si/c1-17-14-15-25-21(16-17)20-10-4-7-13-24(20)26(25)22-11-5-2-8-18(22)19-9-3-6-12-23(19)26/h2-16H,1H3. The molecule has 2 heterocycles. The van der Waals surface area contributed by atoms with E-state index in [1.807, 2.05) is 0 Å². The van der Waals surface area contributed by atoms with Gasteiger partial charge in [0.25, 0.3) is 0 Å². The maximum absolute atomic E-state index is 2.41. The molecule has 0 unspecified atom stereocenters. The second kappa shape index (κ2) is 4.84. The summed E-state index contributed by atoms with van der Waals surface area (Å²) in [5, 5.41) is 6.22. The van der Waals surface area contributed by atoms with Crippen LogP contribution in [0.25, 0.3) is 22.3 Å². The Bertz CT molecular complexity index is 1160. The van der Waals surface area contributed by atoms with E-state index in [1.165, 1.54) is 27.8 Å². The highest BCUT2D eigenvalue weighted by Gasteiger charge is 2.53. The van der Waals surface area contributed by atoms with Crippen molar-refractivity contribution in [3.63, 3.8) is 0 Å². The Kier molecular flexibility index (Phi) is 2.66. The van der Waals surface area contributed by atoms with E-state index in [1.54, 1.807) is 20.7 Å². The minimum Gasteiger partial charge on any atom is -0.0623 e. The van der Waals surface area contributed by atoms with Crippen molar-refractivity contribution in [2.75, 3.05) is 0 Å². The molecule has 4 aromatic rings. The van der Waals surface area contributed by atoms with E-state index in [9.17, 15) is 0 Å². The maximum atomic E-state index is 2.41. The number of aryl methyl sites for hydroxylation is 1. The third-order valence-corrected chi connectivity index (χ3v) is 11.1. The van der Waals surface area contributed by atoms with E-state index in [2.05, 4.69) is 97.9 Å². The molecule has 2 aliphatic heterocycles. The van der Waals surface area contributed by atoms with Gasteiger partial charge in [-0.15, -0.1) is 0 Å². The van der Waals surface area contributed by atoms with Crippen LogP contribution in [0, 0.1) is 6.92 Å². The molecule has 0 fully saturated rings. The zero-order chi connectivity index (χ0) is 17.3. The van der Waals surface area contributed by atoms with Gasteiger partial charge in [0.05, 0.1) is 0 Å². The van der Waals surface area contributed by atoms with Gasteiger partial charge in [-0.2, -0.15) is 0 Å². The van der Waals surface area contributed by atoms with E-state index in [4.69, 9.17) is 0 Å². The molecule has 0 amide bonds. The van der Waals surface area contributed by atoms with Crippen molar-refractivity contribution in [2.45, 2.75) is 6.92 Å². The summed E-state index contributed by atoms with van der Waals surface area (Å²) < 4.78 is 0. The first-order valence-corrected chi connectivity index (χ1v) is 11.2. The molecule has 26 heavy (non-hydrogen) atoms. The smallest absolute Gasteiger partial charge is 0.0623 e. The summed E-state index contributed by atoms with van der Waals surface area (Å²) in [5.74, 6) is 0. The summed E-state index contributed by atoms with van der Waals surface area (Å²) in [6, 6.07) is 34.4. The fourth-order valence-corrected chi connectivity index (χ4v) is 10.8. The quantitative estimate of drug-likeness (QED) is 0.370. The Morgan fingerprint density at radius 3 is 1.42 bits per heavy atom. The molecule has 6 rings (SSSR count). The fraction of sp³-hybridized carbons (Fsp3) is 0.0400. The average Bonchev–Trinajstić information content (AvgIpc) is 3.15. The number of fused-ring (bicyclic) bond motifs is 10. The second-order valence-electron chi connectivity index (χ2n) is 7.44. The number of benzene rings is 4. The molecule has 0 N–H and O–H groups in total. The first-order valence-electron chi connectivity index (χ1n) is 9.22. The highest BCUT2D eigenvalue weighted by molar-refractivity contribution is 7.24. The van der Waals surface area contributed by atoms with E-state index < -0.39 is 8.07 Å². The molecule has 0 saturated carbocycles. The van der Waals surface area contributed by atoms with Crippen LogP contribution in [0.4, 0.5) is 0 Å². The predicted molar refractivity (Wildman–Crippen MR) is 113 cm³/mol. The van der Waals surface area contributed by atoms with Crippen molar-refractivity contribution in [3.05, 3.63) is 96.6 Å². The van der Waals surface area contributed by atoms with E-state index in [0.717, 1.165) is 0 Å². The Balaban J connectivity index is 1.87. The molecule has 4 aromatic carbocycles. The van der Waals surface area contributed by atoms with Crippen molar-refractivity contribution in [1.82, 2.24) is 0 Å². The largest absolute Gasteiger partial charge is 0.182 e. The zero-order valence-electron chi connectivity index (χ0n) is 14.7. The number of hydrogen-bond donors (Lipinski definition) is 0. The van der Waals surface area contributed by atoms with Crippen molar-refractivity contribution >= 4 is 28.8 Å². The SMILES string of the molecule is Cc1ccc2c(c1)-c1ccccc1[Si]21c2ccccc2-c2ccccc21. The van der Waals surface area contributed by atoms with Gasteiger partial charge in [0, 0.05) is 0 Å². The third-order valence-electron chi connectivity index (χ3n) is 6.15. The van der Waals surface area contributed by atoms with E-state index in [0.29, 0.717) is 0 Å². The molecule has 2 aliphatic rings. The minimum absolute atomic E-state index is 1.34. The van der Waals surface area contributed by atoms with E-state index in [-0.39, 0.29) is 0 Å². The van der Waals surface area contributed by atoms with Gasteiger partial charge in [-0.25, -0.2) is 0 Å².